The lowest BCUT2D eigenvalue weighted by Gasteiger charge is -2.22. The van der Waals surface area contributed by atoms with Crippen molar-refractivity contribution in [1.29, 1.82) is 5.41 Å². The molecule has 21 heavy (non-hydrogen) atoms. The molecule has 0 atom stereocenters. The van der Waals surface area contributed by atoms with Crippen LogP contribution in [-0.2, 0) is 0 Å². The van der Waals surface area contributed by atoms with Crippen molar-refractivity contribution in [3.63, 3.8) is 0 Å². The summed E-state index contributed by atoms with van der Waals surface area (Å²) in [6.45, 7) is 0. The fourth-order valence-electron chi connectivity index (χ4n) is 2.94. The van der Waals surface area contributed by atoms with Crippen molar-refractivity contribution in [3.8, 4) is 11.3 Å². The molecule has 1 saturated carbocycles. The van der Waals surface area contributed by atoms with E-state index in [0.29, 0.717) is 5.13 Å². The molecule has 1 heterocycles. The molecule has 1 fully saturated rings. The summed E-state index contributed by atoms with van der Waals surface area (Å²) in [7, 11) is 0. The summed E-state index contributed by atoms with van der Waals surface area (Å²) in [6, 6.07) is 8.78. The monoisotopic (exact) mass is 300 g/mol. The average molecular weight is 300 g/mol. The van der Waals surface area contributed by atoms with E-state index in [2.05, 4.69) is 34.6 Å². The van der Waals surface area contributed by atoms with Gasteiger partial charge in [0, 0.05) is 10.9 Å². The molecule has 4 N–H and O–H groups in total. The maximum Gasteiger partial charge on any atom is 0.192 e. The van der Waals surface area contributed by atoms with Gasteiger partial charge in [-0.1, -0.05) is 43.5 Å². The molecule has 0 spiro atoms. The smallest absolute Gasteiger partial charge is 0.192 e. The summed E-state index contributed by atoms with van der Waals surface area (Å²) in [4.78, 5) is 4.45. The summed E-state index contributed by atoms with van der Waals surface area (Å²) in [5.74, 6) is 0.654. The Balaban J connectivity index is 1.74. The van der Waals surface area contributed by atoms with Crippen LogP contribution in [0.3, 0.4) is 0 Å². The number of nitrogens with two attached hydrogens (primary N) is 1. The van der Waals surface area contributed by atoms with E-state index in [1.165, 1.54) is 49.0 Å². The maximum absolute atomic E-state index is 7.22. The number of nitrogens with one attached hydrogen (secondary N) is 2. The van der Waals surface area contributed by atoms with Crippen LogP contribution in [0.25, 0.3) is 11.3 Å². The second kappa shape index (κ2) is 6.26. The molecule has 0 amide bonds. The van der Waals surface area contributed by atoms with E-state index in [0.717, 1.165) is 17.2 Å². The predicted octanol–water partition coefficient (Wildman–Crippen LogP) is 4.16. The zero-order chi connectivity index (χ0) is 14.7. The lowest BCUT2D eigenvalue weighted by atomic mass is 9.84. The fraction of sp³-hybridized carbons (Fsp3) is 0.375. The molecule has 1 aliphatic rings. The molecule has 0 bridgehead atoms. The van der Waals surface area contributed by atoms with Gasteiger partial charge in [0.2, 0.25) is 0 Å². The van der Waals surface area contributed by atoms with E-state index in [4.69, 9.17) is 11.1 Å². The third kappa shape index (κ3) is 3.42. The molecule has 1 aliphatic carbocycles. The number of rotatable bonds is 3. The van der Waals surface area contributed by atoms with Crippen LogP contribution in [0.4, 0.5) is 5.13 Å². The lowest BCUT2D eigenvalue weighted by Crippen LogP contribution is -2.20. The minimum absolute atomic E-state index is 0.0800. The minimum Gasteiger partial charge on any atom is -0.370 e. The standard InChI is InChI=1S/C16H20N4S/c17-15(18)20-16-19-14(10-21-16)13-8-6-12(7-9-13)11-4-2-1-3-5-11/h6-11H,1-5H2,(H4,17,18,19,20). The topological polar surface area (TPSA) is 74.8 Å². The van der Waals surface area contributed by atoms with Crippen molar-refractivity contribution in [2.45, 2.75) is 38.0 Å². The summed E-state index contributed by atoms with van der Waals surface area (Å²) in [6.07, 6.45) is 6.75. The zero-order valence-corrected chi connectivity index (χ0v) is 12.7. The molecule has 5 heteroatoms. The number of nitrogens with zero attached hydrogens (tertiary/aromatic N) is 1. The third-order valence-electron chi connectivity index (χ3n) is 4.03. The van der Waals surface area contributed by atoms with Gasteiger partial charge in [-0.05, 0) is 24.3 Å². The molecule has 4 nitrogen and oxygen atoms in total. The van der Waals surface area contributed by atoms with Gasteiger partial charge in [0.15, 0.2) is 11.1 Å². The maximum atomic E-state index is 7.22. The molecule has 1 aromatic heterocycles. The Bertz CT molecular complexity index is 611. The van der Waals surface area contributed by atoms with E-state index < -0.39 is 0 Å². The number of hydrogen-bond acceptors (Lipinski definition) is 3. The van der Waals surface area contributed by atoms with Crippen molar-refractivity contribution in [2.24, 2.45) is 5.73 Å². The SMILES string of the molecule is N=C(N)Nc1nc(-c2ccc(C3CCCCC3)cc2)cs1. The number of hydrogen-bond donors (Lipinski definition) is 3. The first-order chi connectivity index (χ1) is 10.2. The molecule has 0 saturated heterocycles. The number of benzene rings is 1. The normalized spacial score (nSPS) is 15.8. The molecule has 1 aromatic carbocycles. The van der Waals surface area contributed by atoms with E-state index in [-0.39, 0.29) is 5.96 Å². The largest absolute Gasteiger partial charge is 0.370 e. The number of thiazole rings is 1. The Morgan fingerprint density at radius 3 is 2.57 bits per heavy atom. The van der Waals surface area contributed by atoms with Gasteiger partial charge in [0.1, 0.15) is 0 Å². The highest BCUT2D eigenvalue weighted by molar-refractivity contribution is 7.14. The minimum atomic E-state index is -0.0800. The van der Waals surface area contributed by atoms with E-state index in [9.17, 15) is 0 Å². The van der Waals surface area contributed by atoms with Gasteiger partial charge < -0.3 is 11.1 Å². The zero-order valence-electron chi connectivity index (χ0n) is 11.9. The first-order valence-corrected chi connectivity index (χ1v) is 8.27. The second-order valence-corrected chi connectivity index (χ2v) is 6.39. The molecular weight excluding hydrogens is 280 g/mol. The Morgan fingerprint density at radius 2 is 1.90 bits per heavy atom. The van der Waals surface area contributed by atoms with Crippen LogP contribution in [0.15, 0.2) is 29.6 Å². The lowest BCUT2D eigenvalue weighted by molar-refractivity contribution is 0.443. The number of anilines is 1. The third-order valence-corrected chi connectivity index (χ3v) is 4.79. The molecule has 2 aromatic rings. The van der Waals surface area contributed by atoms with Crippen LogP contribution in [0.5, 0.6) is 0 Å². The van der Waals surface area contributed by atoms with E-state index in [1.807, 2.05) is 5.38 Å². The van der Waals surface area contributed by atoms with Crippen LogP contribution in [-0.4, -0.2) is 10.9 Å². The van der Waals surface area contributed by atoms with Crippen molar-refractivity contribution in [2.75, 3.05) is 5.32 Å². The van der Waals surface area contributed by atoms with Gasteiger partial charge in [-0.15, -0.1) is 11.3 Å². The summed E-state index contributed by atoms with van der Waals surface area (Å²) < 4.78 is 0. The van der Waals surface area contributed by atoms with Gasteiger partial charge >= 0.3 is 0 Å². The molecule has 3 rings (SSSR count). The molecule has 0 radical (unpaired) electrons. The fourth-order valence-corrected chi connectivity index (χ4v) is 3.67. The van der Waals surface area contributed by atoms with Crippen LogP contribution >= 0.6 is 11.3 Å². The summed E-state index contributed by atoms with van der Waals surface area (Å²) >= 11 is 1.46. The highest BCUT2D eigenvalue weighted by Gasteiger charge is 2.15. The molecular formula is C16H20N4S. The van der Waals surface area contributed by atoms with E-state index >= 15 is 0 Å². The Kier molecular flexibility index (Phi) is 4.20. The highest BCUT2D eigenvalue weighted by atomic mass is 32.1. The Hall–Kier alpha value is -1.88. The number of aromatic nitrogens is 1. The van der Waals surface area contributed by atoms with Crippen molar-refractivity contribution >= 4 is 22.4 Å². The summed E-state index contributed by atoms with van der Waals surface area (Å²) in [5.41, 5.74) is 8.81. The molecule has 0 unspecified atom stereocenters. The van der Waals surface area contributed by atoms with Gasteiger partial charge in [-0.3, -0.25) is 5.41 Å². The van der Waals surface area contributed by atoms with Crippen LogP contribution in [0, 0.1) is 5.41 Å². The highest BCUT2D eigenvalue weighted by Crippen LogP contribution is 2.33. The second-order valence-electron chi connectivity index (χ2n) is 5.53. The van der Waals surface area contributed by atoms with Gasteiger partial charge in [0.25, 0.3) is 0 Å². The van der Waals surface area contributed by atoms with Gasteiger partial charge in [-0.25, -0.2) is 4.98 Å². The average Bonchev–Trinajstić information content (AvgIpc) is 2.96. The first-order valence-electron chi connectivity index (χ1n) is 7.39. The quantitative estimate of drug-likeness (QED) is 0.588. The van der Waals surface area contributed by atoms with Crippen LogP contribution in [0.1, 0.15) is 43.6 Å². The van der Waals surface area contributed by atoms with Crippen molar-refractivity contribution in [1.82, 2.24) is 4.98 Å². The Labute approximate surface area is 128 Å². The van der Waals surface area contributed by atoms with E-state index in [1.54, 1.807) is 0 Å². The van der Waals surface area contributed by atoms with Gasteiger partial charge in [0.05, 0.1) is 5.69 Å². The first kappa shape index (κ1) is 14.1. The number of guanidine groups is 1. The van der Waals surface area contributed by atoms with Crippen molar-refractivity contribution in [3.05, 3.63) is 35.2 Å². The van der Waals surface area contributed by atoms with Gasteiger partial charge in [-0.2, -0.15) is 0 Å². The Morgan fingerprint density at radius 1 is 1.19 bits per heavy atom. The molecule has 0 aliphatic heterocycles. The van der Waals surface area contributed by atoms with Crippen LogP contribution in [0.2, 0.25) is 0 Å². The summed E-state index contributed by atoms with van der Waals surface area (Å²) in [5, 5.41) is 12.6. The predicted molar refractivity (Wildman–Crippen MR) is 88.9 cm³/mol. The van der Waals surface area contributed by atoms with Crippen LogP contribution < -0.4 is 11.1 Å². The van der Waals surface area contributed by atoms with Crippen molar-refractivity contribution < 1.29 is 0 Å². The molecule has 110 valence electrons.